The third-order valence-electron chi connectivity index (χ3n) is 1.90. The minimum Gasteiger partial charge on any atom is -0.351 e. The normalized spacial score (nSPS) is 9.93. The summed E-state index contributed by atoms with van der Waals surface area (Å²) in [5.74, 6) is -0.453. The van der Waals surface area contributed by atoms with Gasteiger partial charge in [0.15, 0.2) is 0 Å². The van der Waals surface area contributed by atoms with E-state index in [1.54, 1.807) is 19.1 Å². The van der Waals surface area contributed by atoms with Crippen molar-refractivity contribution in [3.05, 3.63) is 35.1 Å². The molecule has 0 fully saturated rings. The zero-order valence-corrected chi connectivity index (χ0v) is 8.01. The molecule has 0 unspecified atom stereocenters. The van der Waals surface area contributed by atoms with Crippen LogP contribution in [0.4, 0.5) is 4.39 Å². The Balaban J connectivity index is 2.60. The van der Waals surface area contributed by atoms with E-state index in [1.165, 1.54) is 6.07 Å². The van der Waals surface area contributed by atoms with Gasteiger partial charge in [0.25, 0.3) is 0 Å². The quantitative estimate of drug-likeness (QED) is 0.748. The maximum absolute atomic E-state index is 12.9. The number of carbonyl (C=O) groups is 1. The number of halogens is 1. The van der Waals surface area contributed by atoms with Crippen LogP contribution in [0, 0.1) is 12.7 Å². The first-order chi connectivity index (χ1) is 6.63. The maximum Gasteiger partial charge on any atom is 0.234 e. The fourth-order valence-corrected chi connectivity index (χ4v) is 1.09. The van der Waals surface area contributed by atoms with E-state index >= 15 is 0 Å². The molecule has 14 heavy (non-hydrogen) atoms. The van der Waals surface area contributed by atoms with Gasteiger partial charge in [-0.2, -0.15) is 0 Å². The van der Waals surface area contributed by atoms with Crippen LogP contribution in [-0.4, -0.2) is 12.5 Å². The summed E-state index contributed by atoms with van der Waals surface area (Å²) < 4.78 is 12.9. The molecule has 0 heterocycles. The monoisotopic (exact) mass is 196 g/mol. The summed E-state index contributed by atoms with van der Waals surface area (Å²) in [6, 6.07) is 4.73. The highest BCUT2D eigenvalue weighted by Gasteiger charge is 2.00. The van der Waals surface area contributed by atoms with E-state index in [0.29, 0.717) is 12.1 Å². The lowest BCUT2D eigenvalue weighted by Gasteiger charge is -2.04. The molecule has 0 aliphatic rings. The van der Waals surface area contributed by atoms with E-state index in [2.05, 4.69) is 5.32 Å². The average molecular weight is 196 g/mol. The highest BCUT2D eigenvalue weighted by Crippen LogP contribution is 2.08. The van der Waals surface area contributed by atoms with Crippen molar-refractivity contribution in [3.8, 4) is 0 Å². The van der Waals surface area contributed by atoms with Crippen LogP contribution < -0.4 is 11.1 Å². The van der Waals surface area contributed by atoms with Gasteiger partial charge in [-0.15, -0.1) is 0 Å². The summed E-state index contributed by atoms with van der Waals surface area (Å²) >= 11 is 0. The Bertz CT molecular complexity index is 339. The van der Waals surface area contributed by atoms with Crippen molar-refractivity contribution in [2.75, 3.05) is 6.54 Å². The first-order valence-corrected chi connectivity index (χ1v) is 4.35. The van der Waals surface area contributed by atoms with Crippen molar-refractivity contribution in [1.82, 2.24) is 5.32 Å². The van der Waals surface area contributed by atoms with Crippen LogP contribution in [0.1, 0.15) is 11.1 Å². The van der Waals surface area contributed by atoms with Crippen molar-refractivity contribution in [3.63, 3.8) is 0 Å². The lowest BCUT2D eigenvalue weighted by molar-refractivity contribution is -0.119. The Morgan fingerprint density at radius 2 is 2.29 bits per heavy atom. The van der Waals surface area contributed by atoms with Gasteiger partial charge in [-0.1, -0.05) is 12.1 Å². The lowest BCUT2D eigenvalue weighted by Crippen LogP contribution is -2.29. The molecule has 76 valence electrons. The number of nitrogens with two attached hydrogens (primary N) is 1. The number of carbonyl (C=O) groups excluding carboxylic acids is 1. The second-order valence-electron chi connectivity index (χ2n) is 3.06. The lowest BCUT2D eigenvalue weighted by atomic mass is 10.1. The molecular weight excluding hydrogens is 183 g/mol. The Labute approximate surface area is 82.1 Å². The molecule has 1 aromatic carbocycles. The Kier molecular flexibility index (Phi) is 3.59. The first kappa shape index (κ1) is 10.7. The summed E-state index contributed by atoms with van der Waals surface area (Å²) in [5.41, 5.74) is 6.56. The Morgan fingerprint density at radius 3 is 2.86 bits per heavy atom. The van der Waals surface area contributed by atoms with E-state index < -0.39 is 0 Å². The van der Waals surface area contributed by atoms with Gasteiger partial charge in [0.1, 0.15) is 5.82 Å². The summed E-state index contributed by atoms with van der Waals surface area (Å²) in [5, 5.41) is 2.61. The third kappa shape index (κ3) is 2.81. The molecule has 3 nitrogen and oxygen atoms in total. The number of hydrogen-bond acceptors (Lipinski definition) is 2. The molecule has 4 heteroatoms. The van der Waals surface area contributed by atoms with Gasteiger partial charge >= 0.3 is 0 Å². The molecule has 0 spiro atoms. The van der Waals surface area contributed by atoms with Crippen molar-refractivity contribution < 1.29 is 9.18 Å². The highest BCUT2D eigenvalue weighted by molar-refractivity contribution is 5.77. The van der Waals surface area contributed by atoms with E-state index in [9.17, 15) is 9.18 Å². The number of nitrogens with one attached hydrogen (secondary N) is 1. The predicted octanol–water partition coefficient (Wildman–Crippen LogP) is 0.709. The predicted molar refractivity (Wildman–Crippen MR) is 52.0 cm³/mol. The van der Waals surface area contributed by atoms with Gasteiger partial charge in [-0.05, 0) is 24.1 Å². The Morgan fingerprint density at radius 1 is 1.57 bits per heavy atom. The van der Waals surface area contributed by atoms with Gasteiger partial charge in [-0.25, -0.2) is 4.39 Å². The average Bonchev–Trinajstić information content (AvgIpc) is 2.19. The number of hydrogen-bond donors (Lipinski definition) is 2. The third-order valence-corrected chi connectivity index (χ3v) is 1.90. The largest absolute Gasteiger partial charge is 0.351 e. The van der Waals surface area contributed by atoms with Gasteiger partial charge in [-0.3, -0.25) is 4.79 Å². The molecule has 0 saturated carbocycles. The topological polar surface area (TPSA) is 55.1 Å². The summed E-state index contributed by atoms with van der Waals surface area (Å²) in [6.45, 7) is 2.04. The molecule has 0 aliphatic carbocycles. The minimum absolute atomic E-state index is 0.0276. The van der Waals surface area contributed by atoms with Crippen LogP contribution in [0.3, 0.4) is 0 Å². The van der Waals surface area contributed by atoms with E-state index in [1.807, 2.05) is 0 Å². The van der Waals surface area contributed by atoms with Crippen LogP contribution in [-0.2, 0) is 11.3 Å². The van der Waals surface area contributed by atoms with Gasteiger partial charge < -0.3 is 11.1 Å². The van der Waals surface area contributed by atoms with Crippen LogP contribution in [0.2, 0.25) is 0 Å². The zero-order chi connectivity index (χ0) is 10.6. The molecule has 0 bridgehead atoms. The van der Waals surface area contributed by atoms with Gasteiger partial charge in [0.05, 0.1) is 6.54 Å². The SMILES string of the molecule is Cc1cc(CNC(=O)CN)ccc1F. The van der Waals surface area contributed by atoms with Crippen LogP contribution in [0.25, 0.3) is 0 Å². The standard InChI is InChI=1S/C10H13FN2O/c1-7-4-8(2-3-9(7)11)6-13-10(14)5-12/h2-4H,5-6,12H2,1H3,(H,13,14). The second-order valence-corrected chi connectivity index (χ2v) is 3.06. The van der Waals surface area contributed by atoms with E-state index in [0.717, 1.165) is 5.56 Å². The summed E-state index contributed by atoms with van der Waals surface area (Å²) in [7, 11) is 0. The van der Waals surface area contributed by atoms with Crippen molar-refractivity contribution >= 4 is 5.91 Å². The smallest absolute Gasteiger partial charge is 0.234 e. The molecule has 0 aliphatic heterocycles. The zero-order valence-electron chi connectivity index (χ0n) is 8.01. The molecule has 0 atom stereocenters. The van der Waals surface area contributed by atoms with E-state index in [-0.39, 0.29) is 18.3 Å². The number of rotatable bonds is 3. The molecule has 1 amide bonds. The second kappa shape index (κ2) is 4.72. The van der Waals surface area contributed by atoms with Crippen LogP contribution >= 0.6 is 0 Å². The highest BCUT2D eigenvalue weighted by atomic mass is 19.1. The molecule has 0 radical (unpaired) electrons. The maximum atomic E-state index is 12.9. The van der Waals surface area contributed by atoms with Crippen molar-refractivity contribution in [2.24, 2.45) is 5.73 Å². The fourth-order valence-electron chi connectivity index (χ4n) is 1.09. The number of aryl methyl sites for hydroxylation is 1. The minimum atomic E-state index is -0.237. The van der Waals surface area contributed by atoms with E-state index in [4.69, 9.17) is 5.73 Å². The van der Waals surface area contributed by atoms with Crippen LogP contribution in [0.15, 0.2) is 18.2 Å². The molecule has 0 saturated heterocycles. The van der Waals surface area contributed by atoms with Crippen molar-refractivity contribution in [1.29, 1.82) is 0 Å². The number of amides is 1. The summed E-state index contributed by atoms with van der Waals surface area (Å²) in [4.78, 5) is 10.8. The molecule has 3 N–H and O–H groups in total. The molecule has 1 aromatic rings. The molecular formula is C10H13FN2O. The van der Waals surface area contributed by atoms with Gasteiger partial charge in [0, 0.05) is 6.54 Å². The van der Waals surface area contributed by atoms with Gasteiger partial charge in [0.2, 0.25) is 5.91 Å². The van der Waals surface area contributed by atoms with Crippen LogP contribution in [0.5, 0.6) is 0 Å². The molecule has 0 aromatic heterocycles. The Hall–Kier alpha value is -1.42. The van der Waals surface area contributed by atoms with Crippen molar-refractivity contribution in [2.45, 2.75) is 13.5 Å². The molecule has 1 rings (SSSR count). The summed E-state index contributed by atoms with van der Waals surface area (Å²) in [6.07, 6.45) is 0. The number of benzene rings is 1. The fraction of sp³-hybridized carbons (Fsp3) is 0.300. The first-order valence-electron chi connectivity index (χ1n) is 4.35.